The predicted molar refractivity (Wildman–Crippen MR) is 56.7 cm³/mol. The summed E-state index contributed by atoms with van der Waals surface area (Å²) in [6, 6.07) is 5.99. The van der Waals surface area contributed by atoms with Gasteiger partial charge < -0.3 is 11.9 Å². The minimum absolute atomic E-state index is 0. The number of nitrogens with zero attached hydrogens (tertiary/aromatic N) is 3. The van der Waals surface area contributed by atoms with Gasteiger partial charge in [0.2, 0.25) is 5.69 Å². The first-order valence-corrected chi connectivity index (χ1v) is 5.46. The third kappa shape index (κ3) is 3.84. The predicted octanol–water partition coefficient (Wildman–Crippen LogP) is -1.66. The minimum atomic E-state index is -4.61. The molecule has 6 nitrogen and oxygen atoms in total. The van der Waals surface area contributed by atoms with Crippen LogP contribution in [0.4, 0.5) is 11.4 Å². The van der Waals surface area contributed by atoms with Crippen molar-refractivity contribution in [3.05, 3.63) is 29.8 Å². The van der Waals surface area contributed by atoms with Crippen LogP contribution in [0.3, 0.4) is 0 Å². The van der Waals surface area contributed by atoms with Crippen molar-refractivity contribution in [3.63, 3.8) is 0 Å². The van der Waals surface area contributed by atoms with Crippen molar-refractivity contribution in [2.75, 3.05) is 19.0 Å². The maximum atomic E-state index is 10.6. The van der Waals surface area contributed by atoms with Crippen molar-refractivity contribution >= 4 is 21.7 Å². The van der Waals surface area contributed by atoms with E-state index < -0.39 is 10.3 Å². The van der Waals surface area contributed by atoms with E-state index in [1.165, 1.54) is 12.1 Å². The van der Waals surface area contributed by atoms with Crippen LogP contribution in [0, 0.1) is 0 Å². The standard InChI is InChI=1S/C8H11N3O3S.Na.H/c1-10(2)7-3-5-8(6-4-7)11(9)15(12,13)14;;/h3-6H,1-2H3,(H,12,13,14);;/q;+1;-1. The molecule has 0 unspecified atom stereocenters. The van der Waals surface area contributed by atoms with Crippen molar-refractivity contribution in [1.29, 1.82) is 0 Å². The van der Waals surface area contributed by atoms with Gasteiger partial charge in [0.25, 0.3) is 0 Å². The Bertz CT molecular complexity index is 475. The molecule has 0 bridgehead atoms. The summed E-state index contributed by atoms with van der Waals surface area (Å²) in [6.45, 7) is 0. The largest absolute Gasteiger partial charge is 1.00 e. The molecule has 0 aliphatic rings. The fourth-order valence-electron chi connectivity index (χ4n) is 1.01. The van der Waals surface area contributed by atoms with Gasteiger partial charge in [-0.1, -0.05) is 0 Å². The van der Waals surface area contributed by atoms with Gasteiger partial charge in [-0.25, -0.2) is 4.55 Å². The van der Waals surface area contributed by atoms with Gasteiger partial charge in [-0.2, -0.15) is 0 Å². The maximum absolute atomic E-state index is 10.6. The van der Waals surface area contributed by atoms with Gasteiger partial charge in [-0.15, -0.1) is 12.5 Å². The normalized spacial score (nSPS) is 10.4. The molecule has 1 N–H and O–H groups in total. The van der Waals surface area contributed by atoms with Crippen LogP contribution in [0.15, 0.2) is 24.3 Å². The molecule has 0 spiro atoms. The average Bonchev–Trinajstić information content (AvgIpc) is 2.15. The zero-order valence-electron chi connectivity index (χ0n) is 10.3. The first-order chi connectivity index (χ1) is 6.82. The summed E-state index contributed by atoms with van der Waals surface area (Å²) in [7, 11) is -0.958. The Hall–Kier alpha value is -0.470. The summed E-state index contributed by atoms with van der Waals surface area (Å²) in [5, 5.41) is 0. The summed E-state index contributed by atoms with van der Waals surface area (Å²) in [5.74, 6) is 0. The molecular weight excluding hydrogens is 241 g/mol. The van der Waals surface area contributed by atoms with E-state index >= 15 is 0 Å². The minimum Gasteiger partial charge on any atom is -1.00 e. The molecule has 0 amide bonds. The number of benzene rings is 1. The van der Waals surface area contributed by atoms with E-state index in [1.54, 1.807) is 12.1 Å². The molecule has 0 saturated carbocycles. The van der Waals surface area contributed by atoms with E-state index in [4.69, 9.17) is 10.1 Å². The van der Waals surface area contributed by atoms with Gasteiger partial charge >= 0.3 is 39.9 Å². The Labute approximate surface area is 118 Å². The van der Waals surface area contributed by atoms with Gasteiger partial charge in [0.05, 0.1) is 0 Å². The Morgan fingerprint density at radius 2 is 1.75 bits per heavy atom. The molecule has 1 aromatic rings. The van der Waals surface area contributed by atoms with Crippen LogP contribution < -0.4 is 34.5 Å². The molecule has 0 atom stereocenters. The van der Waals surface area contributed by atoms with Crippen LogP contribution in [0.5, 0.6) is 0 Å². The Morgan fingerprint density at radius 1 is 1.31 bits per heavy atom. The Balaban J connectivity index is 0. The van der Waals surface area contributed by atoms with Crippen LogP contribution >= 0.6 is 0 Å². The zero-order chi connectivity index (χ0) is 11.6. The molecule has 1 rings (SSSR count). The van der Waals surface area contributed by atoms with E-state index in [-0.39, 0.29) is 40.8 Å². The molecule has 0 heterocycles. The van der Waals surface area contributed by atoms with Crippen LogP contribution in [0.1, 0.15) is 1.43 Å². The number of rotatable bonds is 3. The SMILES string of the molecule is CN(C)c1ccc([N+](=[N-])S(=O)(=O)O)cc1.[H-].[Na+]. The quantitative estimate of drug-likeness (QED) is 0.302. The number of hydrogen-bond donors (Lipinski definition) is 1. The maximum Gasteiger partial charge on any atom is 1.00 e. The van der Waals surface area contributed by atoms with Crippen molar-refractivity contribution < 1.29 is 48.1 Å². The molecule has 0 fully saturated rings. The second-order valence-electron chi connectivity index (χ2n) is 3.13. The van der Waals surface area contributed by atoms with E-state index in [2.05, 4.69) is 0 Å². The van der Waals surface area contributed by atoms with Crippen LogP contribution in [0.2, 0.25) is 0 Å². The molecule has 84 valence electrons. The summed E-state index contributed by atoms with van der Waals surface area (Å²) in [4.78, 5) is 1.82. The van der Waals surface area contributed by atoms with Gasteiger partial charge in [-0.05, 0) is 12.1 Å². The molecule has 0 aromatic heterocycles. The first kappa shape index (κ1) is 15.5. The summed E-state index contributed by atoms with van der Waals surface area (Å²) in [6.07, 6.45) is 0. The van der Waals surface area contributed by atoms with E-state index in [1.807, 2.05) is 19.0 Å². The monoisotopic (exact) mass is 253 g/mol. The van der Waals surface area contributed by atoms with Crippen LogP contribution in [-0.4, -0.2) is 31.2 Å². The van der Waals surface area contributed by atoms with E-state index in [9.17, 15) is 8.42 Å². The summed E-state index contributed by atoms with van der Waals surface area (Å²) >= 11 is 0. The van der Waals surface area contributed by atoms with Gasteiger partial charge in [0.1, 0.15) is 0 Å². The molecule has 16 heavy (non-hydrogen) atoms. The van der Waals surface area contributed by atoms with Gasteiger partial charge in [0, 0.05) is 31.9 Å². The first-order valence-electron chi connectivity index (χ1n) is 4.06. The number of hydrogen-bond acceptors (Lipinski definition) is 3. The van der Waals surface area contributed by atoms with Crippen molar-refractivity contribution in [2.45, 2.75) is 0 Å². The molecule has 0 aliphatic carbocycles. The average molecular weight is 253 g/mol. The summed E-state index contributed by atoms with van der Waals surface area (Å²) in [5.41, 5.74) is 9.89. The Kier molecular flexibility index (Phi) is 5.57. The van der Waals surface area contributed by atoms with Crippen LogP contribution in [-0.2, 0) is 10.3 Å². The molecule has 0 saturated heterocycles. The van der Waals surface area contributed by atoms with Crippen molar-refractivity contribution in [3.8, 4) is 0 Å². The molecule has 1 aromatic carbocycles. The van der Waals surface area contributed by atoms with Crippen molar-refractivity contribution in [2.24, 2.45) is 0 Å². The fraction of sp³-hybridized carbons (Fsp3) is 0.250. The Morgan fingerprint density at radius 3 is 2.06 bits per heavy atom. The third-order valence-electron chi connectivity index (χ3n) is 1.81. The molecule has 0 radical (unpaired) electrons. The van der Waals surface area contributed by atoms with Gasteiger partial charge in [-0.3, -0.25) is 0 Å². The van der Waals surface area contributed by atoms with E-state index in [0.717, 1.165) is 5.69 Å². The third-order valence-corrected chi connectivity index (χ3v) is 2.45. The second-order valence-corrected chi connectivity index (χ2v) is 4.37. The number of anilines is 1. The summed E-state index contributed by atoms with van der Waals surface area (Å²) < 4.78 is 29.5. The zero-order valence-corrected chi connectivity index (χ0v) is 12.1. The fourth-order valence-corrected chi connectivity index (χ4v) is 1.40. The van der Waals surface area contributed by atoms with Crippen LogP contribution in [0.25, 0.3) is 5.53 Å². The van der Waals surface area contributed by atoms with Gasteiger partial charge in [0.15, 0.2) is 0 Å². The smallest absolute Gasteiger partial charge is 1.00 e. The second kappa shape index (κ2) is 5.74. The van der Waals surface area contributed by atoms with Crippen molar-refractivity contribution in [1.82, 2.24) is 0 Å². The molecule has 0 aliphatic heterocycles. The molecular formula is C8H12N3NaO3S. The molecule has 8 heteroatoms. The van der Waals surface area contributed by atoms with E-state index in [0.29, 0.717) is 0 Å². The topological polar surface area (TPSA) is 82.9 Å².